The summed E-state index contributed by atoms with van der Waals surface area (Å²) in [6.45, 7) is -0.103. The van der Waals surface area contributed by atoms with Gasteiger partial charge >= 0.3 is 0 Å². The van der Waals surface area contributed by atoms with Crippen molar-refractivity contribution < 1.29 is 14.6 Å². The standard InChI is InChI=1S/C12H12O3/c13-8-12-10(6-7-14-12)11(15-12)9-4-2-1-3-5-9/h1-7,10-11,13H,8H2/t10-,11+,12+/m0/s1. The van der Waals surface area contributed by atoms with E-state index in [1.54, 1.807) is 6.26 Å². The highest BCUT2D eigenvalue weighted by Gasteiger charge is 2.58. The first-order valence-corrected chi connectivity index (χ1v) is 5.04. The number of hydrogen-bond acceptors (Lipinski definition) is 3. The van der Waals surface area contributed by atoms with E-state index in [9.17, 15) is 5.11 Å². The Labute approximate surface area is 87.9 Å². The molecule has 2 heterocycles. The Morgan fingerprint density at radius 2 is 2.07 bits per heavy atom. The summed E-state index contributed by atoms with van der Waals surface area (Å²) in [5.41, 5.74) is 1.13. The number of aliphatic hydroxyl groups is 1. The molecule has 0 unspecified atom stereocenters. The van der Waals surface area contributed by atoms with Gasteiger partial charge in [-0.25, -0.2) is 0 Å². The lowest BCUT2D eigenvalue weighted by Gasteiger charge is -2.48. The Morgan fingerprint density at radius 1 is 1.27 bits per heavy atom. The molecule has 78 valence electrons. The minimum absolute atomic E-state index is 0.0112. The molecule has 1 N–H and O–H groups in total. The zero-order chi connectivity index (χ0) is 10.3. The van der Waals surface area contributed by atoms with Crippen LogP contribution in [0, 0.1) is 5.92 Å². The van der Waals surface area contributed by atoms with Crippen LogP contribution in [0.4, 0.5) is 0 Å². The molecule has 3 atom stereocenters. The summed E-state index contributed by atoms with van der Waals surface area (Å²) in [4.78, 5) is 0. The molecule has 3 rings (SSSR count). The van der Waals surface area contributed by atoms with Crippen molar-refractivity contribution in [3.05, 3.63) is 48.2 Å². The highest BCUT2D eigenvalue weighted by molar-refractivity contribution is 5.25. The summed E-state index contributed by atoms with van der Waals surface area (Å²) >= 11 is 0. The number of rotatable bonds is 2. The smallest absolute Gasteiger partial charge is 0.242 e. The van der Waals surface area contributed by atoms with Crippen molar-refractivity contribution in [1.82, 2.24) is 0 Å². The van der Waals surface area contributed by atoms with Gasteiger partial charge in [0.25, 0.3) is 0 Å². The summed E-state index contributed by atoms with van der Waals surface area (Å²) in [5.74, 6) is -0.676. The van der Waals surface area contributed by atoms with Gasteiger partial charge in [-0.15, -0.1) is 0 Å². The average Bonchev–Trinajstić information content (AvgIpc) is 2.59. The van der Waals surface area contributed by atoms with E-state index in [2.05, 4.69) is 0 Å². The second-order valence-corrected chi connectivity index (χ2v) is 3.89. The lowest BCUT2D eigenvalue weighted by Crippen LogP contribution is -2.55. The number of fused-ring (bicyclic) bond motifs is 1. The fourth-order valence-corrected chi connectivity index (χ4v) is 2.22. The van der Waals surface area contributed by atoms with Crippen LogP contribution >= 0.6 is 0 Å². The summed E-state index contributed by atoms with van der Waals surface area (Å²) in [5, 5.41) is 9.22. The zero-order valence-electron chi connectivity index (χ0n) is 8.17. The fraction of sp³-hybridized carbons (Fsp3) is 0.333. The third-order valence-corrected chi connectivity index (χ3v) is 3.06. The fourth-order valence-electron chi connectivity index (χ4n) is 2.22. The highest BCUT2D eigenvalue weighted by atomic mass is 16.7. The van der Waals surface area contributed by atoms with Crippen LogP contribution in [0.1, 0.15) is 11.7 Å². The second-order valence-electron chi connectivity index (χ2n) is 3.89. The van der Waals surface area contributed by atoms with E-state index in [-0.39, 0.29) is 18.6 Å². The molecule has 3 heteroatoms. The quantitative estimate of drug-likeness (QED) is 0.795. The summed E-state index contributed by atoms with van der Waals surface area (Å²) in [7, 11) is 0. The van der Waals surface area contributed by atoms with E-state index in [1.807, 2.05) is 36.4 Å². The molecule has 0 spiro atoms. The lowest BCUT2D eigenvalue weighted by atomic mass is 9.83. The minimum atomic E-state index is -0.805. The Hall–Kier alpha value is -1.32. The molecule has 0 aromatic heterocycles. The number of aliphatic hydroxyl groups excluding tert-OH is 1. The molecule has 15 heavy (non-hydrogen) atoms. The normalized spacial score (nSPS) is 36.9. The van der Waals surface area contributed by atoms with Crippen LogP contribution in [0.25, 0.3) is 0 Å². The van der Waals surface area contributed by atoms with E-state index in [0.29, 0.717) is 0 Å². The number of ether oxygens (including phenoxy) is 2. The average molecular weight is 204 g/mol. The topological polar surface area (TPSA) is 38.7 Å². The first-order valence-electron chi connectivity index (χ1n) is 5.04. The number of hydrogen-bond donors (Lipinski definition) is 1. The SMILES string of the molecule is OC[C@]12OC=C[C@H]1[C@@H](c1ccccc1)O2. The Bertz CT molecular complexity index is 387. The Kier molecular flexibility index (Phi) is 1.84. The first kappa shape index (κ1) is 8.95. The van der Waals surface area contributed by atoms with Gasteiger partial charge in [0.15, 0.2) is 0 Å². The number of benzene rings is 1. The van der Waals surface area contributed by atoms with Crippen molar-refractivity contribution in [1.29, 1.82) is 0 Å². The van der Waals surface area contributed by atoms with Crippen molar-refractivity contribution in [2.24, 2.45) is 5.92 Å². The van der Waals surface area contributed by atoms with Gasteiger partial charge in [-0.2, -0.15) is 0 Å². The van der Waals surface area contributed by atoms with Gasteiger partial charge in [-0.1, -0.05) is 30.3 Å². The lowest BCUT2D eigenvalue weighted by molar-refractivity contribution is -0.356. The van der Waals surface area contributed by atoms with Gasteiger partial charge in [0.2, 0.25) is 5.79 Å². The molecule has 0 amide bonds. The van der Waals surface area contributed by atoms with Crippen LogP contribution in [-0.2, 0) is 9.47 Å². The first-order chi connectivity index (χ1) is 7.36. The van der Waals surface area contributed by atoms with Crippen LogP contribution in [0.5, 0.6) is 0 Å². The van der Waals surface area contributed by atoms with Crippen LogP contribution in [-0.4, -0.2) is 17.5 Å². The maximum absolute atomic E-state index is 9.22. The maximum Gasteiger partial charge on any atom is 0.242 e. The molecule has 0 saturated carbocycles. The van der Waals surface area contributed by atoms with Crippen molar-refractivity contribution >= 4 is 0 Å². The predicted octanol–water partition coefficient (Wildman–Crippen LogP) is 1.61. The van der Waals surface area contributed by atoms with E-state index < -0.39 is 5.79 Å². The van der Waals surface area contributed by atoms with Crippen LogP contribution in [0.15, 0.2) is 42.7 Å². The molecule has 0 bridgehead atoms. The molecule has 2 aliphatic heterocycles. The molecule has 1 aromatic carbocycles. The highest BCUT2D eigenvalue weighted by Crippen LogP contribution is 2.52. The molecule has 2 aliphatic rings. The van der Waals surface area contributed by atoms with Crippen molar-refractivity contribution in [3.63, 3.8) is 0 Å². The largest absolute Gasteiger partial charge is 0.467 e. The predicted molar refractivity (Wildman–Crippen MR) is 53.8 cm³/mol. The molecule has 3 nitrogen and oxygen atoms in total. The van der Waals surface area contributed by atoms with Crippen molar-refractivity contribution in [2.75, 3.05) is 6.61 Å². The van der Waals surface area contributed by atoms with Crippen LogP contribution in [0.3, 0.4) is 0 Å². The van der Waals surface area contributed by atoms with Gasteiger partial charge in [-0.05, 0) is 11.6 Å². The molecule has 1 saturated heterocycles. The van der Waals surface area contributed by atoms with E-state index in [1.165, 1.54) is 0 Å². The van der Waals surface area contributed by atoms with E-state index in [4.69, 9.17) is 9.47 Å². The molecule has 1 fully saturated rings. The van der Waals surface area contributed by atoms with Gasteiger partial charge in [-0.3, -0.25) is 0 Å². The summed E-state index contributed by atoms with van der Waals surface area (Å²) < 4.78 is 10.9. The Morgan fingerprint density at radius 3 is 2.80 bits per heavy atom. The third kappa shape index (κ3) is 1.14. The van der Waals surface area contributed by atoms with E-state index >= 15 is 0 Å². The maximum atomic E-state index is 9.22. The molecule has 0 aliphatic carbocycles. The molecular weight excluding hydrogens is 192 g/mol. The monoisotopic (exact) mass is 204 g/mol. The molecule has 0 radical (unpaired) electrons. The molecule has 1 aromatic rings. The van der Waals surface area contributed by atoms with Crippen molar-refractivity contribution in [3.8, 4) is 0 Å². The van der Waals surface area contributed by atoms with Gasteiger partial charge in [0, 0.05) is 0 Å². The van der Waals surface area contributed by atoms with Gasteiger partial charge in [0.1, 0.15) is 6.61 Å². The summed E-state index contributed by atoms with van der Waals surface area (Å²) in [6.07, 6.45) is 3.58. The zero-order valence-corrected chi connectivity index (χ0v) is 8.17. The Balaban J connectivity index is 1.86. The minimum Gasteiger partial charge on any atom is -0.467 e. The van der Waals surface area contributed by atoms with Crippen LogP contribution in [0.2, 0.25) is 0 Å². The molecular formula is C12H12O3. The van der Waals surface area contributed by atoms with E-state index in [0.717, 1.165) is 5.56 Å². The second kappa shape index (κ2) is 3.08. The van der Waals surface area contributed by atoms with Crippen molar-refractivity contribution in [2.45, 2.75) is 11.9 Å². The van der Waals surface area contributed by atoms with Gasteiger partial charge < -0.3 is 14.6 Å². The third-order valence-electron chi connectivity index (χ3n) is 3.06. The van der Waals surface area contributed by atoms with Gasteiger partial charge in [0.05, 0.1) is 18.3 Å². The van der Waals surface area contributed by atoms with Crippen LogP contribution < -0.4 is 0 Å². The summed E-state index contributed by atoms with van der Waals surface area (Å²) in [6, 6.07) is 9.99.